The number of hydrogen-bond acceptors (Lipinski definition) is 5. The molecule has 0 unspecified atom stereocenters. The number of hydrogen-bond donors (Lipinski definition) is 1. The lowest BCUT2D eigenvalue weighted by Gasteiger charge is -2.16. The van der Waals surface area contributed by atoms with Gasteiger partial charge in [0.05, 0.1) is 16.0 Å². The summed E-state index contributed by atoms with van der Waals surface area (Å²) in [5.41, 5.74) is 1.48. The van der Waals surface area contributed by atoms with Crippen molar-refractivity contribution in [3.8, 4) is 0 Å². The number of amides is 3. The predicted molar refractivity (Wildman–Crippen MR) is 113 cm³/mol. The van der Waals surface area contributed by atoms with Crippen LogP contribution >= 0.6 is 0 Å². The van der Waals surface area contributed by atoms with Crippen LogP contribution < -0.4 is 5.32 Å². The van der Waals surface area contributed by atoms with E-state index in [0.29, 0.717) is 24.2 Å². The van der Waals surface area contributed by atoms with Gasteiger partial charge in [-0.25, -0.2) is 8.42 Å². The van der Waals surface area contributed by atoms with E-state index in [1.807, 2.05) is 0 Å². The molecule has 0 saturated carbocycles. The first-order valence-corrected chi connectivity index (χ1v) is 11.6. The van der Waals surface area contributed by atoms with Crippen molar-refractivity contribution in [3.05, 3.63) is 65.2 Å². The fourth-order valence-electron chi connectivity index (χ4n) is 3.80. The normalized spacial score (nSPS) is 16.6. The molecule has 0 spiro atoms. The first-order valence-electron chi connectivity index (χ1n) is 10.2. The summed E-state index contributed by atoms with van der Waals surface area (Å²) >= 11 is 0. The van der Waals surface area contributed by atoms with Crippen molar-refractivity contribution in [2.75, 3.05) is 19.6 Å². The fourth-order valence-corrected chi connectivity index (χ4v) is 5.32. The van der Waals surface area contributed by atoms with Gasteiger partial charge in [-0.2, -0.15) is 4.31 Å². The van der Waals surface area contributed by atoms with E-state index in [-0.39, 0.29) is 42.1 Å². The molecular formula is C22H23N3O5S. The SMILES string of the molecule is O=C(CCN1C(=O)c2ccccc2C1=O)NCc1ccc(S(=O)(=O)N2CCCC2)cc1. The molecule has 0 aromatic heterocycles. The number of sulfonamides is 1. The number of carbonyl (C=O) groups excluding carboxylic acids is 3. The van der Waals surface area contributed by atoms with Gasteiger partial charge in [0, 0.05) is 32.6 Å². The van der Waals surface area contributed by atoms with Crippen molar-refractivity contribution in [1.29, 1.82) is 0 Å². The van der Waals surface area contributed by atoms with Crippen LogP contribution in [0.15, 0.2) is 53.4 Å². The van der Waals surface area contributed by atoms with Crippen LogP contribution in [0.3, 0.4) is 0 Å². The van der Waals surface area contributed by atoms with Gasteiger partial charge in [0.15, 0.2) is 0 Å². The van der Waals surface area contributed by atoms with Crippen LogP contribution in [0.2, 0.25) is 0 Å². The molecule has 1 saturated heterocycles. The number of nitrogens with zero attached hydrogens (tertiary/aromatic N) is 2. The Hall–Kier alpha value is -3.04. The van der Waals surface area contributed by atoms with E-state index in [0.717, 1.165) is 23.3 Å². The quantitative estimate of drug-likeness (QED) is 0.660. The highest BCUT2D eigenvalue weighted by molar-refractivity contribution is 7.89. The summed E-state index contributed by atoms with van der Waals surface area (Å²) in [6.07, 6.45) is 1.75. The average molecular weight is 442 g/mol. The molecule has 2 aliphatic rings. The molecule has 3 amide bonds. The molecule has 1 N–H and O–H groups in total. The number of fused-ring (bicyclic) bond motifs is 1. The van der Waals surface area contributed by atoms with Gasteiger partial charge in [-0.15, -0.1) is 0 Å². The van der Waals surface area contributed by atoms with Gasteiger partial charge in [0.25, 0.3) is 11.8 Å². The standard InChI is InChI=1S/C22H23N3O5S/c26-20(11-14-25-21(27)18-5-1-2-6-19(18)22(25)28)23-15-16-7-9-17(10-8-16)31(29,30)24-12-3-4-13-24/h1-2,5-10H,3-4,11-15H2,(H,23,26). The summed E-state index contributed by atoms with van der Waals surface area (Å²) < 4.78 is 26.6. The van der Waals surface area contributed by atoms with Gasteiger partial charge in [-0.3, -0.25) is 19.3 Å². The molecule has 1 fully saturated rings. The van der Waals surface area contributed by atoms with Gasteiger partial charge < -0.3 is 5.32 Å². The molecule has 2 aromatic carbocycles. The zero-order valence-corrected chi connectivity index (χ0v) is 17.7. The molecule has 0 aliphatic carbocycles. The van der Waals surface area contributed by atoms with Crippen molar-refractivity contribution in [3.63, 3.8) is 0 Å². The van der Waals surface area contributed by atoms with Crippen LogP contribution in [0.4, 0.5) is 0 Å². The zero-order valence-electron chi connectivity index (χ0n) is 16.9. The van der Waals surface area contributed by atoms with Crippen LogP contribution in [0.5, 0.6) is 0 Å². The van der Waals surface area contributed by atoms with E-state index in [1.165, 1.54) is 4.31 Å². The third kappa shape index (κ3) is 4.24. The van der Waals surface area contributed by atoms with Crippen LogP contribution in [0.1, 0.15) is 45.5 Å². The number of imide groups is 1. The lowest BCUT2D eigenvalue weighted by atomic mass is 10.1. The third-order valence-corrected chi connectivity index (χ3v) is 7.47. The summed E-state index contributed by atoms with van der Waals surface area (Å²) in [6.45, 7) is 1.33. The minimum Gasteiger partial charge on any atom is -0.352 e. The first kappa shape index (κ1) is 21.2. The minimum atomic E-state index is -3.46. The smallest absolute Gasteiger partial charge is 0.261 e. The molecular weight excluding hydrogens is 418 g/mol. The Morgan fingerprint density at radius 3 is 2.06 bits per heavy atom. The Balaban J connectivity index is 1.29. The van der Waals surface area contributed by atoms with Crippen molar-refractivity contribution in [2.45, 2.75) is 30.7 Å². The van der Waals surface area contributed by atoms with Crippen molar-refractivity contribution in [1.82, 2.24) is 14.5 Å². The van der Waals surface area contributed by atoms with Crippen LogP contribution in [0, 0.1) is 0 Å². The molecule has 9 heteroatoms. The van der Waals surface area contributed by atoms with Gasteiger partial charge in [0.2, 0.25) is 15.9 Å². The summed E-state index contributed by atoms with van der Waals surface area (Å²) in [5, 5.41) is 2.74. The Kier molecular flexibility index (Phi) is 5.88. The Labute approximate surface area is 180 Å². The molecule has 0 bridgehead atoms. The fraction of sp³-hybridized carbons (Fsp3) is 0.318. The Bertz CT molecular complexity index is 1090. The zero-order chi connectivity index (χ0) is 22.0. The van der Waals surface area contributed by atoms with Crippen molar-refractivity contribution >= 4 is 27.7 Å². The summed E-state index contributed by atoms with van der Waals surface area (Å²) in [6, 6.07) is 13.0. The number of nitrogens with one attached hydrogen (secondary N) is 1. The molecule has 2 aliphatic heterocycles. The largest absolute Gasteiger partial charge is 0.352 e. The molecule has 2 heterocycles. The molecule has 8 nitrogen and oxygen atoms in total. The maximum atomic E-state index is 12.6. The van der Waals surface area contributed by atoms with Gasteiger partial charge in [-0.1, -0.05) is 24.3 Å². The van der Waals surface area contributed by atoms with Crippen LogP contribution in [-0.2, 0) is 21.4 Å². The molecule has 0 atom stereocenters. The molecule has 162 valence electrons. The highest BCUT2D eigenvalue weighted by Gasteiger charge is 2.35. The van der Waals surface area contributed by atoms with Crippen LogP contribution in [-0.4, -0.2) is 55.0 Å². The maximum Gasteiger partial charge on any atom is 0.261 e. The van der Waals surface area contributed by atoms with E-state index < -0.39 is 10.0 Å². The maximum absolute atomic E-state index is 12.6. The van der Waals surface area contributed by atoms with Crippen LogP contribution in [0.25, 0.3) is 0 Å². The average Bonchev–Trinajstić information content (AvgIpc) is 3.40. The highest BCUT2D eigenvalue weighted by atomic mass is 32.2. The monoisotopic (exact) mass is 441 g/mol. The second-order valence-corrected chi connectivity index (χ2v) is 9.53. The Morgan fingerprint density at radius 2 is 1.48 bits per heavy atom. The minimum absolute atomic E-state index is 0.00515. The van der Waals surface area contributed by atoms with Crippen molar-refractivity contribution < 1.29 is 22.8 Å². The summed E-state index contributed by atoms with van der Waals surface area (Å²) in [5.74, 6) is -1.07. The molecule has 2 aromatic rings. The second kappa shape index (κ2) is 8.60. The Morgan fingerprint density at radius 1 is 0.903 bits per heavy atom. The predicted octanol–water partition coefficient (Wildman–Crippen LogP) is 1.77. The molecule has 0 radical (unpaired) electrons. The second-order valence-electron chi connectivity index (χ2n) is 7.59. The van der Waals surface area contributed by atoms with Gasteiger partial charge >= 0.3 is 0 Å². The van der Waals surface area contributed by atoms with Crippen molar-refractivity contribution in [2.24, 2.45) is 0 Å². The topological polar surface area (TPSA) is 104 Å². The molecule has 31 heavy (non-hydrogen) atoms. The number of benzene rings is 2. The summed E-state index contributed by atoms with van der Waals surface area (Å²) in [7, 11) is -3.46. The highest BCUT2D eigenvalue weighted by Crippen LogP contribution is 2.23. The van der Waals surface area contributed by atoms with E-state index in [2.05, 4.69) is 5.32 Å². The van der Waals surface area contributed by atoms with Gasteiger partial charge in [-0.05, 0) is 42.7 Å². The lowest BCUT2D eigenvalue weighted by molar-refractivity contribution is -0.121. The number of carbonyl (C=O) groups is 3. The number of rotatable bonds is 7. The first-order chi connectivity index (χ1) is 14.9. The summed E-state index contributed by atoms with van der Waals surface area (Å²) in [4.78, 5) is 38.2. The van der Waals surface area contributed by atoms with E-state index in [4.69, 9.17) is 0 Å². The lowest BCUT2D eigenvalue weighted by Crippen LogP contribution is -2.34. The van der Waals surface area contributed by atoms with E-state index in [1.54, 1.807) is 48.5 Å². The van der Waals surface area contributed by atoms with E-state index >= 15 is 0 Å². The van der Waals surface area contributed by atoms with E-state index in [9.17, 15) is 22.8 Å². The molecule has 4 rings (SSSR count). The van der Waals surface area contributed by atoms with Gasteiger partial charge in [0.1, 0.15) is 0 Å². The third-order valence-electron chi connectivity index (χ3n) is 5.56.